The van der Waals surface area contributed by atoms with Crippen LogP contribution in [0.2, 0.25) is 0 Å². The number of H-pyrrole nitrogens is 1. The van der Waals surface area contributed by atoms with Crippen LogP contribution in [0.25, 0.3) is 0 Å². The summed E-state index contributed by atoms with van der Waals surface area (Å²) in [5.74, 6) is 0.699. The first-order valence-corrected chi connectivity index (χ1v) is 5.34. The van der Waals surface area contributed by atoms with E-state index >= 15 is 0 Å². The van der Waals surface area contributed by atoms with Gasteiger partial charge in [0.1, 0.15) is 6.33 Å². The van der Waals surface area contributed by atoms with E-state index in [0.717, 1.165) is 11.0 Å². The van der Waals surface area contributed by atoms with Crippen molar-refractivity contribution in [2.75, 3.05) is 5.32 Å². The third-order valence-corrected chi connectivity index (χ3v) is 3.16. The molecule has 0 saturated heterocycles. The van der Waals surface area contributed by atoms with Crippen molar-refractivity contribution < 1.29 is 0 Å². The van der Waals surface area contributed by atoms with Gasteiger partial charge in [-0.15, -0.1) is 11.3 Å². The zero-order chi connectivity index (χ0) is 9.10. The Balaban J connectivity index is 1.93. The van der Waals surface area contributed by atoms with Crippen LogP contribution in [0.5, 0.6) is 0 Å². The zero-order valence-corrected chi connectivity index (χ0v) is 9.02. The molecule has 2 heterocycles. The standard InChI is InChI=1S/C7H7BrN4S/c8-5-1-6(13-3-5)2-9-7-10-4-11-12-7/h1,3-4H,2H2,(H2,9,10,11,12). The van der Waals surface area contributed by atoms with Crippen LogP contribution >= 0.6 is 27.3 Å². The topological polar surface area (TPSA) is 53.6 Å². The molecule has 0 amide bonds. The number of hydrogen-bond donors (Lipinski definition) is 2. The van der Waals surface area contributed by atoms with Gasteiger partial charge in [-0.1, -0.05) is 0 Å². The third kappa shape index (κ3) is 2.28. The van der Waals surface area contributed by atoms with Crippen molar-refractivity contribution in [1.82, 2.24) is 15.2 Å². The summed E-state index contributed by atoms with van der Waals surface area (Å²) >= 11 is 5.10. The molecule has 6 heteroatoms. The molecule has 0 aromatic carbocycles. The first kappa shape index (κ1) is 8.71. The second-order valence-electron chi connectivity index (χ2n) is 2.42. The van der Waals surface area contributed by atoms with E-state index in [9.17, 15) is 0 Å². The van der Waals surface area contributed by atoms with Crippen LogP contribution in [0.1, 0.15) is 4.88 Å². The average molecular weight is 259 g/mol. The average Bonchev–Trinajstić information content (AvgIpc) is 2.71. The number of nitrogens with zero attached hydrogens (tertiary/aromatic N) is 2. The zero-order valence-electron chi connectivity index (χ0n) is 6.62. The molecular weight excluding hydrogens is 252 g/mol. The molecule has 0 aliphatic rings. The molecule has 2 rings (SSSR count). The van der Waals surface area contributed by atoms with Crippen molar-refractivity contribution in [3.8, 4) is 0 Å². The number of aromatic nitrogens is 3. The smallest absolute Gasteiger partial charge is 0.218 e. The molecule has 68 valence electrons. The van der Waals surface area contributed by atoms with Crippen LogP contribution in [0.3, 0.4) is 0 Å². The molecule has 0 saturated carbocycles. The van der Waals surface area contributed by atoms with Crippen molar-refractivity contribution in [2.45, 2.75) is 6.54 Å². The van der Waals surface area contributed by atoms with Gasteiger partial charge in [-0.25, -0.2) is 10.1 Å². The number of anilines is 1. The summed E-state index contributed by atoms with van der Waals surface area (Å²) in [6, 6.07) is 2.08. The summed E-state index contributed by atoms with van der Waals surface area (Å²) in [6.45, 7) is 0.769. The Morgan fingerprint density at radius 2 is 2.54 bits per heavy atom. The Kier molecular flexibility index (Phi) is 2.60. The lowest BCUT2D eigenvalue weighted by Crippen LogP contribution is -1.98. The fourth-order valence-electron chi connectivity index (χ4n) is 0.908. The second kappa shape index (κ2) is 3.89. The fourth-order valence-corrected chi connectivity index (χ4v) is 2.30. The third-order valence-electron chi connectivity index (χ3n) is 1.47. The van der Waals surface area contributed by atoms with E-state index in [-0.39, 0.29) is 0 Å². The highest BCUT2D eigenvalue weighted by Crippen LogP contribution is 2.19. The number of hydrogen-bond acceptors (Lipinski definition) is 4. The SMILES string of the molecule is Brc1csc(CNc2ncn[nH]2)c1. The molecule has 0 aliphatic carbocycles. The van der Waals surface area contributed by atoms with E-state index in [2.05, 4.69) is 47.9 Å². The highest BCUT2D eigenvalue weighted by atomic mass is 79.9. The second-order valence-corrected chi connectivity index (χ2v) is 4.33. The van der Waals surface area contributed by atoms with E-state index in [1.54, 1.807) is 11.3 Å². The van der Waals surface area contributed by atoms with Crippen LogP contribution in [-0.4, -0.2) is 15.2 Å². The first-order valence-electron chi connectivity index (χ1n) is 3.67. The van der Waals surface area contributed by atoms with Crippen LogP contribution in [-0.2, 0) is 6.54 Å². The first-order chi connectivity index (χ1) is 6.34. The van der Waals surface area contributed by atoms with Gasteiger partial charge in [0.05, 0.1) is 6.54 Å². The normalized spacial score (nSPS) is 10.2. The summed E-state index contributed by atoms with van der Waals surface area (Å²) in [5, 5.41) is 11.6. The van der Waals surface area contributed by atoms with Crippen molar-refractivity contribution in [3.63, 3.8) is 0 Å². The molecule has 2 aromatic rings. The molecule has 0 fully saturated rings. The van der Waals surface area contributed by atoms with Crippen molar-refractivity contribution in [3.05, 3.63) is 27.1 Å². The largest absolute Gasteiger partial charge is 0.350 e. The Labute approximate surface area is 87.5 Å². The summed E-state index contributed by atoms with van der Waals surface area (Å²) in [6.07, 6.45) is 1.48. The van der Waals surface area contributed by atoms with Gasteiger partial charge in [-0.05, 0) is 22.0 Å². The van der Waals surface area contributed by atoms with Crippen LogP contribution in [0.15, 0.2) is 22.2 Å². The molecule has 2 N–H and O–H groups in total. The van der Waals surface area contributed by atoms with Gasteiger partial charge in [0.25, 0.3) is 0 Å². The van der Waals surface area contributed by atoms with E-state index in [4.69, 9.17) is 0 Å². The summed E-state index contributed by atoms with van der Waals surface area (Å²) < 4.78 is 1.12. The van der Waals surface area contributed by atoms with E-state index < -0.39 is 0 Å². The summed E-state index contributed by atoms with van der Waals surface area (Å²) in [4.78, 5) is 5.21. The van der Waals surface area contributed by atoms with Gasteiger partial charge in [0.15, 0.2) is 0 Å². The maximum Gasteiger partial charge on any atom is 0.218 e. The van der Waals surface area contributed by atoms with Crippen LogP contribution in [0.4, 0.5) is 5.95 Å². The van der Waals surface area contributed by atoms with E-state index in [1.807, 2.05) is 0 Å². The minimum absolute atomic E-state index is 0.699. The number of nitrogens with one attached hydrogen (secondary N) is 2. The molecular formula is C7H7BrN4S. The Bertz CT molecular complexity index is 370. The number of halogens is 1. The van der Waals surface area contributed by atoms with Gasteiger partial charge in [0, 0.05) is 14.7 Å². The molecule has 0 aliphatic heterocycles. The van der Waals surface area contributed by atoms with Gasteiger partial charge in [-0.2, -0.15) is 5.10 Å². The Morgan fingerprint density at radius 3 is 3.15 bits per heavy atom. The monoisotopic (exact) mass is 258 g/mol. The minimum atomic E-state index is 0.699. The Morgan fingerprint density at radius 1 is 1.62 bits per heavy atom. The highest BCUT2D eigenvalue weighted by Gasteiger charge is 1.98. The predicted octanol–water partition coefficient (Wildman–Crippen LogP) is 2.24. The molecule has 0 spiro atoms. The van der Waals surface area contributed by atoms with Crippen LogP contribution in [0, 0.1) is 0 Å². The Hall–Kier alpha value is -0.880. The maximum absolute atomic E-state index is 3.95. The lowest BCUT2D eigenvalue weighted by Gasteiger charge is -1.97. The predicted molar refractivity (Wildman–Crippen MR) is 55.7 cm³/mol. The van der Waals surface area contributed by atoms with Crippen LogP contribution < -0.4 is 5.32 Å². The summed E-state index contributed by atoms with van der Waals surface area (Å²) in [5.41, 5.74) is 0. The molecule has 0 bridgehead atoms. The molecule has 13 heavy (non-hydrogen) atoms. The van der Waals surface area contributed by atoms with Gasteiger partial charge in [-0.3, -0.25) is 0 Å². The highest BCUT2D eigenvalue weighted by molar-refractivity contribution is 9.10. The molecule has 0 atom stereocenters. The fraction of sp³-hybridized carbons (Fsp3) is 0.143. The number of rotatable bonds is 3. The van der Waals surface area contributed by atoms with E-state index in [1.165, 1.54) is 11.2 Å². The van der Waals surface area contributed by atoms with Crippen molar-refractivity contribution in [1.29, 1.82) is 0 Å². The van der Waals surface area contributed by atoms with Crippen molar-refractivity contribution in [2.24, 2.45) is 0 Å². The molecule has 0 radical (unpaired) electrons. The molecule has 4 nitrogen and oxygen atoms in total. The lowest BCUT2D eigenvalue weighted by atomic mass is 10.5. The number of aromatic amines is 1. The van der Waals surface area contributed by atoms with E-state index in [0.29, 0.717) is 5.95 Å². The van der Waals surface area contributed by atoms with Crippen molar-refractivity contribution >= 4 is 33.2 Å². The molecule has 0 unspecified atom stereocenters. The molecule has 2 aromatic heterocycles. The summed E-state index contributed by atoms with van der Waals surface area (Å²) in [7, 11) is 0. The van der Waals surface area contributed by atoms with Gasteiger partial charge in [0.2, 0.25) is 5.95 Å². The van der Waals surface area contributed by atoms with Gasteiger partial charge < -0.3 is 5.32 Å². The quantitative estimate of drug-likeness (QED) is 0.888. The maximum atomic E-state index is 3.95. The minimum Gasteiger partial charge on any atom is -0.350 e. The number of thiophene rings is 1. The lowest BCUT2D eigenvalue weighted by molar-refractivity contribution is 1.05. The van der Waals surface area contributed by atoms with Gasteiger partial charge >= 0.3 is 0 Å².